The highest BCUT2D eigenvalue weighted by Gasteiger charge is 2.55. The number of para-hydroxylation sites is 1. The molecule has 1 aromatic heterocycles. The van der Waals surface area contributed by atoms with Crippen molar-refractivity contribution in [3.63, 3.8) is 0 Å². The van der Waals surface area contributed by atoms with E-state index in [9.17, 15) is 14.4 Å². The summed E-state index contributed by atoms with van der Waals surface area (Å²) >= 11 is 1.30. The van der Waals surface area contributed by atoms with Crippen LogP contribution >= 0.6 is 11.3 Å². The van der Waals surface area contributed by atoms with Crippen LogP contribution in [0.4, 0.5) is 15.6 Å². The molecule has 2 heterocycles. The molecule has 1 N–H and O–H groups in total. The van der Waals surface area contributed by atoms with E-state index in [1.807, 2.05) is 54.6 Å². The van der Waals surface area contributed by atoms with Gasteiger partial charge in [-0.15, -0.1) is 11.3 Å². The largest absolute Gasteiger partial charge is 0.325 e. The molecule has 0 radical (unpaired) electrons. The summed E-state index contributed by atoms with van der Waals surface area (Å²) in [5.41, 5.74) is 2.26. The predicted molar refractivity (Wildman–Crippen MR) is 117 cm³/mol. The Morgan fingerprint density at radius 1 is 1.16 bits per heavy atom. The van der Waals surface area contributed by atoms with E-state index in [1.165, 1.54) is 28.1 Å². The van der Waals surface area contributed by atoms with E-state index in [0.29, 0.717) is 22.9 Å². The van der Waals surface area contributed by atoms with Crippen LogP contribution in [0.2, 0.25) is 0 Å². The lowest BCUT2D eigenvalue weighted by atomic mass is 9.92. The maximum atomic E-state index is 13.3. The van der Waals surface area contributed by atoms with E-state index in [1.54, 1.807) is 5.38 Å². The zero-order valence-electron chi connectivity index (χ0n) is 16.9. The van der Waals surface area contributed by atoms with Crippen molar-refractivity contribution < 1.29 is 14.4 Å². The number of fused-ring (bicyclic) bond motifs is 2. The van der Waals surface area contributed by atoms with Gasteiger partial charge in [-0.05, 0) is 36.1 Å². The highest BCUT2D eigenvalue weighted by Crippen LogP contribution is 2.41. The molecule has 1 spiro atoms. The molecular weight excluding hydrogens is 412 g/mol. The van der Waals surface area contributed by atoms with Gasteiger partial charge in [0.05, 0.1) is 17.9 Å². The van der Waals surface area contributed by atoms with Gasteiger partial charge in [-0.25, -0.2) is 9.78 Å². The number of carbonyl (C=O) groups is 3. The van der Waals surface area contributed by atoms with Gasteiger partial charge in [-0.2, -0.15) is 0 Å². The van der Waals surface area contributed by atoms with Crippen LogP contribution in [-0.2, 0) is 28.1 Å². The number of hydrogen-bond donors (Lipinski definition) is 1. The van der Waals surface area contributed by atoms with Gasteiger partial charge < -0.3 is 5.32 Å². The molecule has 1 unspecified atom stereocenters. The summed E-state index contributed by atoms with van der Waals surface area (Å²) in [4.78, 5) is 45.6. The molecule has 0 bridgehead atoms. The summed E-state index contributed by atoms with van der Waals surface area (Å²) in [6.07, 6.45) is 1.31. The van der Waals surface area contributed by atoms with Gasteiger partial charge in [0, 0.05) is 12.3 Å². The number of amides is 4. The average molecular weight is 433 g/mol. The number of thiazole rings is 1. The van der Waals surface area contributed by atoms with E-state index >= 15 is 0 Å². The monoisotopic (exact) mass is 432 g/mol. The first kappa shape index (κ1) is 19.4. The van der Waals surface area contributed by atoms with E-state index < -0.39 is 11.6 Å². The topological polar surface area (TPSA) is 82.6 Å². The quantitative estimate of drug-likeness (QED) is 0.637. The van der Waals surface area contributed by atoms with E-state index in [0.717, 1.165) is 17.5 Å². The molecule has 3 aromatic rings. The first-order valence-electron chi connectivity index (χ1n) is 10.0. The lowest BCUT2D eigenvalue weighted by molar-refractivity contribution is -0.132. The number of urea groups is 1. The Labute approximate surface area is 183 Å². The molecule has 1 fully saturated rings. The Morgan fingerprint density at radius 2 is 1.90 bits per heavy atom. The Hall–Kier alpha value is -3.52. The number of imide groups is 1. The third-order valence-electron chi connectivity index (χ3n) is 5.80. The maximum absolute atomic E-state index is 13.3. The zero-order chi connectivity index (χ0) is 21.6. The first-order chi connectivity index (χ1) is 15.0. The van der Waals surface area contributed by atoms with Crippen molar-refractivity contribution in [2.75, 3.05) is 4.90 Å². The number of benzene rings is 2. The highest BCUT2D eigenvalue weighted by atomic mass is 32.1. The Bertz CT molecular complexity index is 1190. The van der Waals surface area contributed by atoms with Crippen LogP contribution in [0.25, 0.3) is 0 Å². The summed E-state index contributed by atoms with van der Waals surface area (Å²) in [5.74, 6) is -0.410. The van der Waals surface area contributed by atoms with Crippen molar-refractivity contribution in [2.24, 2.45) is 0 Å². The van der Waals surface area contributed by atoms with E-state index in [-0.39, 0.29) is 18.4 Å². The second-order valence-corrected chi connectivity index (χ2v) is 8.53. The lowest BCUT2D eigenvalue weighted by Gasteiger charge is -2.22. The summed E-state index contributed by atoms with van der Waals surface area (Å²) in [6, 6.07) is 16.6. The van der Waals surface area contributed by atoms with Crippen molar-refractivity contribution in [1.82, 2.24) is 15.2 Å². The van der Waals surface area contributed by atoms with E-state index in [4.69, 9.17) is 0 Å². The molecule has 2 aliphatic rings. The van der Waals surface area contributed by atoms with Crippen LogP contribution in [-0.4, -0.2) is 27.7 Å². The minimum Gasteiger partial charge on any atom is -0.319 e. The van der Waals surface area contributed by atoms with Crippen LogP contribution in [0.1, 0.15) is 30.2 Å². The summed E-state index contributed by atoms with van der Waals surface area (Å²) in [5, 5.41) is 5.21. The molecule has 1 saturated heterocycles. The normalized spacial score (nSPS) is 19.6. The highest BCUT2D eigenvalue weighted by molar-refractivity contribution is 7.14. The number of rotatable bonds is 4. The summed E-state index contributed by atoms with van der Waals surface area (Å²) in [7, 11) is 0. The van der Waals surface area contributed by atoms with E-state index in [2.05, 4.69) is 10.3 Å². The first-order valence-corrected chi connectivity index (χ1v) is 10.9. The third kappa shape index (κ3) is 3.11. The van der Waals surface area contributed by atoms with Gasteiger partial charge in [0.2, 0.25) is 5.91 Å². The van der Waals surface area contributed by atoms with Crippen molar-refractivity contribution in [3.05, 3.63) is 76.8 Å². The van der Waals surface area contributed by atoms with Crippen molar-refractivity contribution in [1.29, 1.82) is 0 Å². The minimum atomic E-state index is -0.984. The van der Waals surface area contributed by atoms with Gasteiger partial charge in [-0.3, -0.25) is 19.4 Å². The number of aryl methyl sites for hydroxylation is 1. The number of hydrogen-bond acceptors (Lipinski definition) is 5. The molecule has 1 aliphatic heterocycles. The van der Waals surface area contributed by atoms with Gasteiger partial charge in [0.1, 0.15) is 5.54 Å². The Morgan fingerprint density at radius 3 is 2.68 bits per heavy atom. The molecule has 8 heteroatoms. The predicted octanol–water partition coefficient (Wildman–Crippen LogP) is 3.72. The maximum Gasteiger partial charge on any atom is 0.325 e. The van der Waals surface area contributed by atoms with Crippen LogP contribution < -0.4 is 10.2 Å². The fourth-order valence-electron chi connectivity index (χ4n) is 4.37. The average Bonchev–Trinajstić information content (AvgIpc) is 3.44. The van der Waals surface area contributed by atoms with Crippen molar-refractivity contribution in [3.8, 4) is 0 Å². The fourth-order valence-corrected chi connectivity index (χ4v) is 5.25. The number of anilines is 2. The number of carbonyl (C=O) groups excluding carboxylic acids is 3. The second kappa shape index (κ2) is 7.31. The van der Waals surface area contributed by atoms with Gasteiger partial charge in [-0.1, -0.05) is 42.5 Å². The smallest absolute Gasteiger partial charge is 0.319 e. The summed E-state index contributed by atoms with van der Waals surface area (Å²) in [6.45, 7) is 1.54. The van der Waals surface area contributed by atoms with Gasteiger partial charge in [0.15, 0.2) is 5.13 Å². The molecule has 7 nitrogen and oxygen atoms in total. The third-order valence-corrected chi connectivity index (χ3v) is 6.68. The summed E-state index contributed by atoms with van der Waals surface area (Å²) < 4.78 is 0. The lowest BCUT2D eigenvalue weighted by Crippen LogP contribution is -2.41. The number of aromatic nitrogens is 1. The van der Waals surface area contributed by atoms with Crippen LogP contribution in [0.5, 0.6) is 0 Å². The molecule has 31 heavy (non-hydrogen) atoms. The zero-order valence-corrected chi connectivity index (χ0v) is 17.7. The second-order valence-electron chi connectivity index (χ2n) is 7.70. The Balaban J connectivity index is 1.40. The van der Waals surface area contributed by atoms with Crippen LogP contribution in [0.15, 0.2) is 60.0 Å². The SMILES string of the molecule is CC(=O)N(c1ccccc1)c1nc(CN2C(=O)NC3(CCc4ccccc43)C2=O)cs1. The molecule has 0 saturated carbocycles. The molecule has 1 atom stereocenters. The molecule has 4 amide bonds. The number of nitrogens with one attached hydrogen (secondary N) is 1. The number of nitrogens with zero attached hydrogens (tertiary/aromatic N) is 3. The molecule has 5 rings (SSSR count). The molecule has 1 aliphatic carbocycles. The standard InChI is InChI=1S/C23H20N4O3S/c1-15(28)27(18-8-3-2-4-9-18)22-24-17(14-31-22)13-26-20(29)23(25-21(26)30)12-11-16-7-5-6-10-19(16)23/h2-10,14H,11-13H2,1H3,(H,25,30). The molecule has 2 aromatic carbocycles. The van der Waals surface area contributed by atoms with Gasteiger partial charge in [0.25, 0.3) is 5.91 Å². The van der Waals surface area contributed by atoms with Crippen molar-refractivity contribution >= 4 is 40.0 Å². The van der Waals surface area contributed by atoms with Crippen LogP contribution in [0, 0.1) is 0 Å². The van der Waals surface area contributed by atoms with Crippen LogP contribution in [0.3, 0.4) is 0 Å². The van der Waals surface area contributed by atoms with Crippen molar-refractivity contribution in [2.45, 2.75) is 31.8 Å². The van der Waals surface area contributed by atoms with Gasteiger partial charge >= 0.3 is 6.03 Å². The molecule has 156 valence electrons. The fraction of sp³-hybridized carbons (Fsp3) is 0.217. The molecular formula is C23H20N4O3S. The minimum absolute atomic E-state index is 0.0611. The Kier molecular flexibility index (Phi) is 4.59.